The summed E-state index contributed by atoms with van der Waals surface area (Å²) in [6, 6.07) is 4.97. The Morgan fingerprint density at radius 2 is 2.26 bits per heavy atom. The lowest BCUT2D eigenvalue weighted by Crippen LogP contribution is -2.01. The van der Waals surface area contributed by atoms with E-state index in [1.54, 1.807) is 42.1 Å². The van der Waals surface area contributed by atoms with E-state index in [1.807, 2.05) is 9.95 Å². The van der Waals surface area contributed by atoms with Crippen molar-refractivity contribution in [3.8, 4) is 0 Å². The maximum atomic E-state index is 11.0. The number of benzene rings is 1. The minimum Gasteiger partial charge on any atom is -0.478 e. The summed E-state index contributed by atoms with van der Waals surface area (Å²) >= 11 is 1.62. The number of carboxylic acid groups (broad SMARTS) is 1. The molecule has 0 atom stereocenters. The first-order valence-electron chi connectivity index (χ1n) is 5.80. The van der Waals surface area contributed by atoms with Crippen molar-refractivity contribution in [1.82, 2.24) is 14.5 Å². The first-order chi connectivity index (χ1) is 9.24. The van der Waals surface area contributed by atoms with E-state index < -0.39 is 5.97 Å². The van der Waals surface area contributed by atoms with Gasteiger partial charge in [0.2, 0.25) is 0 Å². The third-order valence-electron chi connectivity index (χ3n) is 2.92. The average Bonchev–Trinajstić information content (AvgIpc) is 3.05. The molecular formula is C13H11N3O2S. The van der Waals surface area contributed by atoms with Crippen molar-refractivity contribution in [3.63, 3.8) is 0 Å². The summed E-state index contributed by atoms with van der Waals surface area (Å²) in [5.41, 5.74) is 1.93. The van der Waals surface area contributed by atoms with Crippen molar-refractivity contribution in [2.45, 2.75) is 13.0 Å². The Morgan fingerprint density at radius 1 is 1.37 bits per heavy atom. The molecule has 3 rings (SSSR count). The molecule has 0 aliphatic heterocycles. The van der Waals surface area contributed by atoms with Gasteiger partial charge in [-0.05, 0) is 18.2 Å². The van der Waals surface area contributed by atoms with E-state index in [-0.39, 0.29) is 5.56 Å². The predicted octanol–water partition coefficient (Wildman–Crippen LogP) is 2.43. The van der Waals surface area contributed by atoms with Gasteiger partial charge in [0, 0.05) is 24.5 Å². The van der Waals surface area contributed by atoms with Gasteiger partial charge in [-0.1, -0.05) is 0 Å². The second-order valence-electron chi connectivity index (χ2n) is 4.12. The number of aromatic carboxylic acids is 1. The highest BCUT2D eigenvalue weighted by Crippen LogP contribution is 2.16. The van der Waals surface area contributed by atoms with Crippen LogP contribution < -0.4 is 0 Å². The van der Waals surface area contributed by atoms with Gasteiger partial charge in [-0.2, -0.15) is 0 Å². The van der Waals surface area contributed by atoms with Crippen LogP contribution in [0, 0.1) is 0 Å². The van der Waals surface area contributed by atoms with E-state index in [2.05, 4.69) is 9.97 Å². The molecule has 0 fully saturated rings. The number of carboxylic acids is 1. The summed E-state index contributed by atoms with van der Waals surface area (Å²) < 4.78 is 1.96. The molecule has 1 N–H and O–H groups in total. The number of hydrogen-bond donors (Lipinski definition) is 1. The highest BCUT2D eigenvalue weighted by atomic mass is 32.1. The van der Waals surface area contributed by atoms with Crippen LogP contribution in [0.4, 0.5) is 0 Å². The highest BCUT2D eigenvalue weighted by Gasteiger charge is 2.08. The normalized spacial score (nSPS) is 10.9. The molecule has 19 heavy (non-hydrogen) atoms. The fourth-order valence-electron chi connectivity index (χ4n) is 1.96. The number of nitrogens with zero attached hydrogens (tertiary/aromatic N) is 3. The molecule has 3 aromatic rings. The Bertz CT molecular complexity index is 719. The lowest BCUT2D eigenvalue weighted by molar-refractivity contribution is 0.0697. The summed E-state index contributed by atoms with van der Waals surface area (Å²) in [5, 5.41) is 12.0. The predicted molar refractivity (Wildman–Crippen MR) is 72.5 cm³/mol. The minimum absolute atomic E-state index is 0.281. The molecule has 0 aliphatic carbocycles. The lowest BCUT2D eigenvalue weighted by atomic mass is 10.2. The maximum absolute atomic E-state index is 11.0. The van der Waals surface area contributed by atoms with Crippen molar-refractivity contribution < 1.29 is 9.90 Å². The van der Waals surface area contributed by atoms with Crippen LogP contribution in [0.1, 0.15) is 15.4 Å². The smallest absolute Gasteiger partial charge is 0.335 e. The molecular weight excluding hydrogens is 262 g/mol. The van der Waals surface area contributed by atoms with Crippen LogP contribution in [0.5, 0.6) is 0 Å². The van der Waals surface area contributed by atoms with Crippen LogP contribution in [0.3, 0.4) is 0 Å². The van der Waals surface area contributed by atoms with Gasteiger partial charge in [-0.25, -0.2) is 14.8 Å². The Kier molecular flexibility index (Phi) is 3.00. The zero-order chi connectivity index (χ0) is 13.2. The fraction of sp³-hybridized carbons (Fsp3) is 0.154. The van der Waals surface area contributed by atoms with E-state index in [0.717, 1.165) is 29.0 Å². The average molecular weight is 273 g/mol. The van der Waals surface area contributed by atoms with Crippen molar-refractivity contribution in [1.29, 1.82) is 0 Å². The van der Waals surface area contributed by atoms with Gasteiger partial charge in [-0.3, -0.25) is 0 Å². The zero-order valence-corrected chi connectivity index (χ0v) is 10.8. The molecule has 1 aromatic carbocycles. The van der Waals surface area contributed by atoms with E-state index in [1.165, 1.54) is 0 Å². The van der Waals surface area contributed by atoms with E-state index in [0.29, 0.717) is 0 Å². The number of rotatable bonds is 4. The molecule has 0 bridgehead atoms. The van der Waals surface area contributed by atoms with Crippen molar-refractivity contribution in [2.24, 2.45) is 0 Å². The standard InChI is InChI=1S/C13H11N3O2S/c17-13(18)9-1-2-10-11(7-9)16(8-15-10)5-3-12-14-4-6-19-12/h1-2,4,6-8H,3,5H2,(H,17,18). The van der Waals surface area contributed by atoms with Crippen LogP contribution in [0.15, 0.2) is 36.1 Å². The van der Waals surface area contributed by atoms with Crippen LogP contribution in [0.2, 0.25) is 0 Å². The van der Waals surface area contributed by atoms with Crippen LogP contribution in [0.25, 0.3) is 11.0 Å². The molecule has 0 unspecified atom stereocenters. The molecule has 2 heterocycles. The molecule has 0 radical (unpaired) electrons. The Morgan fingerprint density at radius 3 is 3.00 bits per heavy atom. The molecule has 96 valence electrons. The first kappa shape index (κ1) is 11.9. The number of hydrogen-bond acceptors (Lipinski definition) is 4. The third kappa shape index (κ3) is 2.34. The van der Waals surface area contributed by atoms with Crippen molar-refractivity contribution in [2.75, 3.05) is 0 Å². The summed E-state index contributed by atoms with van der Waals surface area (Å²) in [5.74, 6) is -0.922. The maximum Gasteiger partial charge on any atom is 0.335 e. The zero-order valence-electron chi connectivity index (χ0n) is 9.98. The molecule has 0 amide bonds. The topological polar surface area (TPSA) is 68.0 Å². The van der Waals surface area contributed by atoms with Crippen LogP contribution >= 0.6 is 11.3 Å². The quantitative estimate of drug-likeness (QED) is 0.792. The molecule has 5 nitrogen and oxygen atoms in total. The molecule has 0 saturated carbocycles. The molecule has 6 heteroatoms. The minimum atomic E-state index is -0.922. The number of fused-ring (bicyclic) bond motifs is 1. The van der Waals surface area contributed by atoms with Gasteiger partial charge in [0.1, 0.15) is 0 Å². The summed E-state index contributed by atoms with van der Waals surface area (Å²) in [6.07, 6.45) is 4.35. The molecule has 0 aliphatic rings. The van der Waals surface area contributed by atoms with E-state index in [9.17, 15) is 4.79 Å². The monoisotopic (exact) mass is 273 g/mol. The number of imidazole rings is 1. The number of aryl methyl sites for hydroxylation is 2. The Balaban J connectivity index is 1.90. The van der Waals surface area contributed by atoms with Gasteiger partial charge < -0.3 is 9.67 Å². The third-order valence-corrected chi connectivity index (χ3v) is 3.76. The van der Waals surface area contributed by atoms with Crippen LogP contribution in [-0.4, -0.2) is 25.6 Å². The number of aromatic nitrogens is 3. The largest absolute Gasteiger partial charge is 0.478 e. The second kappa shape index (κ2) is 4.81. The van der Waals surface area contributed by atoms with Gasteiger partial charge >= 0.3 is 5.97 Å². The Hall–Kier alpha value is -2.21. The van der Waals surface area contributed by atoms with Gasteiger partial charge in [0.25, 0.3) is 0 Å². The molecule has 2 aromatic heterocycles. The second-order valence-corrected chi connectivity index (χ2v) is 5.10. The van der Waals surface area contributed by atoms with E-state index >= 15 is 0 Å². The first-order valence-corrected chi connectivity index (χ1v) is 6.68. The summed E-state index contributed by atoms with van der Waals surface area (Å²) in [6.45, 7) is 0.743. The van der Waals surface area contributed by atoms with Gasteiger partial charge in [0.05, 0.1) is 27.9 Å². The summed E-state index contributed by atoms with van der Waals surface area (Å²) in [7, 11) is 0. The molecule has 0 saturated heterocycles. The van der Waals surface area contributed by atoms with Gasteiger partial charge in [0.15, 0.2) is 0 Å². The SMILES string of the molecule is O=C(O)c1ccc2ncn(CCc3nccs3)c2c1. The summed E-state index contributed by atoms with van der Waals surface area (Å²) in [4.78, 5) is 19.5. The number of thiazole rings is 1. The van der Waals surface area contributed by atoms with Crippen LogP contribution in [-0.2, 0) is 13.0 Å². The van der Waals surface area contributed by atoms with E-state index in [4.69, 9.17) is 5.11 Å². The van der Waals surface area contributed by atoms with Gasteiger partial charge in [-0.15, -0.1) is 11.3 Å². The number of carbonyl (C=O) groups is 1. The Labute approximate surface area is 113 Å². The fourth-order valence-corrected chi connectivity index (χ4v) is 2.57. The molecule has 0 spiro atoms. The van der Waals surface area contributed by atoms with Crippen molar-refractivity contribution >= 4 is 28.3 Å². The highest BCUT2D eigenvalue weighted by molar-refractivity contribution is 7.09. The lowest BCUT2D eigenvalue weighted by Gasteiger charge is -2.03. The van der Waals surface area contributed by atoms with Crippen molar-refractivity contribution in [3.05, 3.63) is 46.7 Å².